The Hall–Kier alpha value is -0.940. The summed E-state index contributed by atoms with van der Waals surface area (Å²) >= 11 is 0. The summed E-state index contributed by atoms with van der Waals surface area (Å²) < 4.78 is 2.00. The molecule has 1 aliphatic heterocycles. The Labute approximate surface area is 200 Å². The number of hydrogen-bond donors (Lipinski definition) is 2. The molecule has 2 rings (SSSR count). The van der Waals surface area contributed by atoms with E-state index >= 15 is 0 Å². The number of rotatable bonds is 10. The van der Waals surface area contributed by atoms with Crippen molar-refractivity contribution >= 4 is 29.9 Å². The Morgan fingerprint density at radius 1 is 1.20 bits per heavy atom. The van der Waals surface area contributed by atoms with Gasteiger partial charge in [-0.05, 0) is 60.5 Å². The first-order valence-corrected chi connectivity index (χ1v) is 11.2. The van der Waals surface area contributed by atoms with Crippen molar-refractivity contribution in [1.29, 1.82) is 0 Å². The monoisotopic (exact) mass is 534 g/mol. The second kappa shape index (κ2) is 13.5. The predicted octanol–water partition coefficient (Wildman–Crippen LogP) is 2.38. The molecule has 0 radical (unpaired) electrons. The molecule has 1 aromatic heterocycles. The van der Waals surface area contributed by atoms with Gasteiger partial charge in [0.05, 0.1) is 0 Å². The van der Waals surface area contributed by atoms with Crippen molar-refractivity contribution in [3.05, 3.63) is 11.6 Å². The van der Waals surface area contributed by atoms with Crippen LogP contribution in [0.25, 0.3) is 0 Å². The molecule has 0 spiro atoms. The molecule has 0 bridgehead atoms. The maximum absolute atomic E-state index is 4.80. The van der Waals surface area contributed by atoms with Crippen molar-refractivity contribution < 1.29 is 0 Å². The molecule has 1 aromatic rings. The summed E-state index contributed by atoms with van der Waals surface area (Å²) in [6.45, 7) is 18.8. The van der Waals surface area contributed by atoms with E-state index in [0.29, 0.717) is 24.7 Å². The summed E-state index contributed by atoms with van der Waals surface area (Å²) in [6.07, 6.45) is 2.54. The molecule has 8 nitrogen and oxygen atoms in total. The van der Waals surface area contributed by atoms with Crippen molar-refractivity contribution in [2.45, 2.75) is 79.1 Å². The summed E-state index contributed by atoms with van der Waals surface area (Å²) in [5, 5.41) is 15.5. The minimum absolute atomic E-state index is 0. The summed E-state index contributed by atoms with van der Waals surface area (Å²) in [4.78, 5) is 9.84. The number of aryl methyl sites for hydroxylation is 1. The number of nitrogens with zero attached hydrogens (tertiary/aromatic N) is 6. The summed E-state index contributed by atoms with van der Waals surface area (Å²) in [6, 6.07) is 1.65. The Bertz CT molecular complexity index is 635. The zero-order chi connectivity index (χ0) is 21.4. The number of aliphatic imine (C=N–C) groups is 1. The molecule has 2 heterocycles. The highest BCUT2D eigenvalue weighted by Crippen LogP contribution is 2.15. The van der Waals surface area contributed by atoms with Crippen LogP contribution in [0, 0.1) is 6.92 Å². The van der Waals surface area contributed by atoms with E-state index in [4.69, 9.17) is 4.99 Å². The molecular weight excluding hydrogens is 491 g/mol. The molecule has 1 unspecified atom stereocenters. The molecule has 174 valence electrons. The molecule has 30 heavy (non-hydrogen) atoms. The van der Waals surface area contributed by atoms with Crippen LogP contribution in [-0.4, -0.2) is 81.4 Å². The number of aromatic nitrogens is 3. The van der Waals surface area contributed by atoms with Crippen LogP contribution in [0.4, 0.5) is 0 Å². The van der Waals surface area contributed by atoms with Crippen LogP contribution in [0.15, 0.2) is 4.99 Å². The average Bonchev–Trinajstić information content (AvgIpc) is 3.26. The zero-order valence-corrected chi connectivity index (χ0v) is 22.3. The molecule has 2 N–H and O–H groups in total. The zero-order valence-electron chi connectivity index (χ0n) is 20.0. The van der Waals surface area contributed by atoms with Gasteiger partial charge in [0, 0.05) is 44.8 Å². The first kappa shape index (κ1) is 27.1. The minimum atomic E-state index is 0. The second-order valence-electron chi connectivity index (χ2n) is 8.54. The normalized spacial score (nSPS) is 17.8. The van der Waals surface area contributed by atoms with Gasteiger partial charge in [-0.1, -0.05) is 6.92 Å². The van der Waals surface area contributed by atoms with E-state index in [1.165, 1.54) is 19.4 Å². The Morgan fingerprint density at radius 3 is 2.47 bits per heavy atom. The molecule has 1 fully saturated rings. The number of nitrogens with one attached hydrogen (secondary N) is 2. The molecule has 0 aromatic carbocycles. The lowest BCUT2D eigenvalue weighted by atomic mass is 10.2. The van der Waals surface area contributed by atoms with E-state index in [1.54, 1.807) is 0 Å². The summed E-state index contributed by atoms with van der Waals surface area (Å²) in [5.74, 6) is 2.65. The number of likely N-dealkylation sites (N-methyl/N-ethyl adjacent to an activating group) is 1. The quantitative estimate of drug-likeness (QED) is 0.273. The van der Waals surface area contributed by atoms with Crippen LogP contribution in [0.3, 0.4) is 0 Å². The molecule has 1 atom stereocenters. The number of likely N-dealkylation sites (tertiary alicyclic amines) is 1. The highest BCUT2D eigenvalue weighted by molar-refractivity contribution is 14.0. The van der Waals surface area contributed by atoms with Gasteiger partial charge >= 0.3 is 0 Å². The third-order valence-electron chi connectivity index (χ3n) is 5.96. The smallest absolute Gasteiger partial charge is 0.191 e. The Balaban J connectivity index is 0.00000450. The molecule has 0 saturated carbocycles. The fourth-order valence-electron chi connectivity index (χ4n) is 4.09. The maximum atomic E-state index is 4.80. The van der Waals surface area contributed by atoms with E-state index in [-0.39, 0.29) is 24.0 Å². The van der Waals surface area contributed by atoms with Gasteiger partial charge in [-0.15, -0.1) is 34.2 Å². The molecule has 0 aliphatic carbocycles. The van der Waals surface area contributed by atoms with Crippen LogP contribution >= 0.6 is 24.0 Å². The van der Waals surface area contributed by atoms with Gasteiger partial charge in [-0.25, -0.2) is 4.99 Å². The third-order valence-corrected chi connectivity index (χ3v) is 5.96. The lowest BCUT2D eigenvalue weighted by molar-refractivity contribution is 0.178. The molecule has 9 heteroatoms. The van der Waals surface area contributed by atoms with Crippen molar-refractivity contribution in [3.8, 4) is 0 Å². The van der Waals surface area contributed by atoms with Crippen LogP contribution in [0.5, 0.6) is 0 Å². The summed E-state index contributed by atoms with van der Waals surface area (Å²) in [7, 11) is 1.99. The Kier molecular flexibility index (Phi) is 12.2. The lowest BCUT2D eigenvalue weighted by Gasteiger charge is -2.31. The standard InChI is InChI=1S/C21H42N8.HI/c1-8-28-12-9-10-19(28)14-23-21(22-11-13-29(16(2)3)17(4)5)24-15-20-26-25-18(6)27(20)7;/h16-17,19H,8-15H2,1-7H3,(H2,22,23,24);1H. The number of halogens is 1. The van der Waals surface area contributed by atoms with Crippen LogP contribution in [0.2, 0.25) is 0 Å². The highest BCUT2D eigenvalue weighted by Gasteiger charge is 2.23. The molecule has 1 aliphatic rings. The van der Waals surface area contributed by atoms with Gasteiger partial charge < -0.3 is 15.2 Å². The van der Waals surface area contributed by atoms with Crippen molar-refractivity contribution in [2.24, 2.45) is 12.0 Å². The van der Waals surface area contributed by atoms with Gasteiger partial charge in [0.2, 0.25) is 0 Å². The topological polar surface area (TPSA) is 73.6 Å². The van der Waals surface area contributed by atoms with Crippen molar-refractivity contribution in [1.82, 2.24) is 35.2 Å². The van der Waals surface area contributed by atoms with Gasteiger partial charge in [0.25, 0.3) is 0 Å². The van der Waals surface area contributed by atoms with Crippen molar-refractivity contribution in [2.75, 3.05) is 32.7 Å². The molecular formula is C21H43IN8. The van der Waals surface area contributed by atoms with Crippen molar-refractivity contribution in [3.63, 3.8) is 0 Å². The van der Waals surface area contributed by atoms with Gasteiger partial charge in [0.15, 0.2) is 11.8 Å². The number of guanidine groups is 1. The highest BCUT2D eigenvalue weighted by atomic mass is 127. The van der Waals surface area contributed by atoms with Crippen LogP contribution < -0.4 is 10.6 Å². The van der Waals surface area contributed by atoms with Crippen LogP contribution in [0.1, 0.15) is 59.1 Å². The van der Waals surface area contributed by atoms with E-state index < -0.39 is 0 Å². The third kappa shape index (κ3) is 7.96. The van der Waals surface area contributed by atoms with Gasteiger partial charge in [0.1, 0.15) is 12.4 Å². The van der Waals surface area contributed by atoms with Gasteiger partial charge in [-0.2, -0.15) is 0 Å². The first-order valence-electron chi connectivity index (χ1n) is 11.2. The molecule has 1 saturated heterocycles. The van der Waals surface area contributed by atoms with E-state index in [0.717, 1.165) is 43.8 Å². The molecule has 0 amide bonds. The number of hydrogen-bond acceptors (Lipinski definition) is 5. The van der Waals surface area contributed by atoms with E-state index in [1.807, 2.05) is 18.5 Å². The SMILES string of the molecule is CCN1CCCC1CNC(=NCc1nnc(C)n1C)NCCN(C(C)C)C(C)C.I. The fraction of sp³-hybridized carbons (Fsp3) is 0.857. The largest absolute Gasteiger partial charge is 0.355 e. The second-order valence-corrected chi connectivity index (χ2v) is 8.54. The van der Waals surface area contributed by atoms with Gasteiger partial charge in [-0.3, -0.25) is 9.80 Å². The lowest BCUT2D eigenvalue weighted by Crippen LogP contribution is -2.48. The Morgan fingerprint density at radius 2 is 1.90 bits per heavy atom. The van der Waals surface area contributed by atoms with E-state index in [9.17, 15) is 0 Å². The maximum Gasteiger partial charge on any atom is 0.191 e. The van der Waals surface area contributed by atoms with Crippen LogP contribution in [-0.2, 0) is 13.6 Å². The summed E-state index contributed by atoms with van der Waals surface area (Å²) in [5.41, 5.74) is 0. The fourth-order valence-corrected chi connectivity index (χ4v) is 4.09. The average molecular weight is 535 g/mol. The minimum Gasteiger partial charge on any atom is -0.355 e. The van der Waals surface area contributed by atoms with E-state index in [2.05, 4.69) is 65.2 Å². The first-order chi connectivity index (χ1) is 13.8. The predicted molar refractivity (Wildman–Crippen MR) is 136 cm³/mol.